The molecule has 2 aliphatic heterocycles. The fraction of sp³-hybridized carbons (Fsp3) is 0.385. The lowest BCUT2D eigenvalue weighted by molar-refractivity contribution is -0.125. The van der Waals surface area contributed by atoms with Crippen molar-refractivity contribution in [2.45, 2.75) is 23.3 Å². The van der Waals surface area contributed by atoms with Crippen LogP contribution < -0.4 is 10.6 Å². The normalized spacial score (nSPS) is 21.3. The van der Waals surface area contributed by atoms with Crippen molar-refractivity contribution in [3.8, 4) is 0 Å². The number of nitrogens with one attached hydrogen (secondary N) is 2. The number of carbonyl (C=O) groups excluding carboxylic acids is 2. The van der Waals surface area contributed by atoms with E-state index in [0.717, 1.165) is 12.1 Å². The number of imide groups is 1. The topological polar surface area (TPSA) is 95.6 Å². The van der Waals surface area contributed by atoms with Gasteiger partial charge in [0, 0.05) is 17.6 Å². The molecule has 2 N–H and O–H groups in total. The van der Waals surface area contributed by atoms with E-state index in [9.17, 15) is 22.4 Å². The van der Waals surface area contributed by atoms with Gasteiger partial charge in [0.1, 0.15) is 11.4 Å². The second-order valence-electron chi connectivity index (χ2n) is 5.47. The number of piperidine rings is 1. The maximum Gasteiger partial charge on any atom is 0.322 e. The molecular formula is C13H13BrFN3O4S. The summed E-state index contributed by atoms with van der Waals surface area (Å²) in [6, 6.07) is 2.80. The molecule has 10 heteroatoms. The summed E-state index contributed by atoms with van der Waals surface area (Å²) < 4.78 is 39.8. The molecule has 0 aromatic heterocycles. The van der Waals surface area contributed by atoms with Crippen molar-refractivity contribution in [3.05, 3.63) is 28.5 Å². The molecule has 3 rings (SSSR count). The minimum Gasteiger partial charge on any atom is -0.323 e. The molecule has 3 amide bonds. The van der Waals surface area contributed by atoms with Gasteiger partial charge in [0.2, 0.25) is 10.0 Å². The number of rotatable bonds is 2. The van der Waals surface area contributed by atoms with Gasteiger partial charge >= 0.3 is 6.03 Å². The summed E-state index contributed by atoms with van der Waals surface area (Å²) in [4.78, 5) is 23.1. The summed E-state index contributed by atoms with van der Waals surface area (Å²) in [6.07, 6.45) is 0.366. The average molecular weight is 406 g/mol. The second-order valence-corrected chi connectivity index (χ2v) is 8.23. The highest BCUT2D eigenvalue weighted by molar-refractivity contribution is 9.10. The molecule has 124 valence electrons. The first-order chi connectivity index (χ1) is 10.7. The molecule has 0 radical (unpaired) electrons. The van der Waals surface area contributed by atoms with Crippen LogP contribution >= 0.6 is 15.9 Å². The summed E-state index contributed by atoms with van der Waals surface area (Å²) in [5.41, 5.74) is -1.04. The first-order valence-corrected chi connectivity index (χ1v) is 9.07. The van der Waals surface area contributed by atoms with E-state index in [-0.39, 0.29) is 35.3 Å². The number of urea groups is 1. The molecule has 7 nitrogen and oxygen atoms in total. The van der Waals surface area contributed by atoms with Gasteiger partial charge in [0.15, 0.2) is 0 Å². The van der Waals surface area contributed by atoms with Crippen molar-refractivity contribution in [2.75, 3.05) is 13.1 Å². The first kappa shape index (κ1) is 16.3. The van der Waals surface area contributed by atoms with E-state index in [1.54, 1.807) is 0 Å². The van der Waals surface area contributed by atoms with Crippen molar-refractivity contribution in [2.24, 2.45) is 0 Å². The third-order valence-corrected chi connectivity index (χ3v) is 6.98. The summed E-state index contributed by atoms with van der Waals surface area (Å²) in [5.74, 6) is -0.971. The predicted molar refractivity (Wildman–Crippen MR) is 81.5 cm³/mol. The van der Waals surface area contributed by atoms with E-state index in [1.165, 1.54) is 10.4 Å². The summed E-state index contributed by atoms with van der Waals surface area (Å²) in [6.45, 7) is 0.166. The zero-order valence-corrected chi connectivity index (χ0v) is 14.2. The Hall–Kier alpha value is -1.52. The van der Waals surface area contributed by atoms with Crippen molar-refractivity contribution in [3.63, 3.8) is 0 Å². The lowest BCUT2D eigenvalue weighted by atomic mass is 9.89. The molecular weight excluding hydrogens is 393 g/mol. The van der Waals surface area contributed by atoms with Crippen LogP contribution in [0.5, 0.6) is 0 Å². The summed E-state index contributed by atoms with van der Waals surface area (Å²) >= 11 is 3.06. The van der Waals surface area contributed by atoms with E-state index in [4.69, 9.17) is 0 Å². The second kappa shape index (κ2) is 5.53. The van der Waals surface area contributed by atoms with Crippen LogP contribution in [0.3, 0.4) is 0 Å². The molecule has 1 spiro atoms. The molecule has 2 fully saturated rings. The molecule has 0 bridgehead atoms. The van der Waals surface area contributed by atoms with Crippen LogP contribution in [0.1, 0.15) is 12.8 Å². The zero-order valence-electron chi connectivity index (χ0n) is 11.8. The van der Waals surface area contributed by atoms with Crippen LogP contribution in [0.4, 0.5) is 9.18 Å². The van der Waals surface area contributed by atoms with Crippen LogP contribution in [0.15, 0.2) is 27.6 Å². The van der Waals surface area contributed by atoms with Crippen molar-refractivity contribution in [1.29, 1.82) is 0 Å². The van der Waals surface area contributed by atoms with Gasteiger partial charge in [0.05, 0.1) is 4.90 Å². The van der Waals surface area contributed by atoms with Gasteiger partial charge in [-0.3, -0.25) is 10.1 Å². The molecule has 2 saturated heterocycles. The minimum atomic E-state index is -3.81. The van der Waals surface area contributed by atoms with Gasteiger partial charge in [-0.05, 0) is 47.0 Å². The molecule has 23 heavy (non-hydrogen) atoms. The SMILES string of the molecule is O=C1NC(=O)C2(CCN(S(=O)(=O)c3ccc(F)cc3Br)CC2)N1. The lowest BCUT2D eigenvalue weighted by Gasteiger charge is -2.36. The molecule has 2 aliphatic rings. The van der Waals surface area contributed by atoms with Gasteiger partial charge in [-0.15, -0.1) is 0 Å². The molecule has 0 atom stereocenters. The molecule has 0 aliphatic carbocycles. The highest BCUT2D eigenvalue weighted by Gasteiger charge is 2.49. The monoisotopic (exact) mass is 405 g/mol. The number of amides is 3. The smallest absolute Gasteiger partial charge is 0.322 e. The predicted octanol–water partition coefficient (Wildman–Crippen LogP) is 0.951. The summed E-state index contributed by atoms with van der Waals surface area (Å²) in [7, 11) is -3.81. The number of sulfonamides is 1. The quantitative estimate of drug-likeness (QED) is 0.716. The minimum absolute atomic E-state index is 0.0326. The number of nitrogens with zero attached hydrogens (tertiary/aromatic N) is 1. The van der Waals surface area contributed by atoms with Crippen molar-refractivity contribution >= 4 is 37.9 Å². The Morgan fingerprint density at radius 3 is 2.39 bits per heavy atom. The van der Waals surface area contributed by atoms with Gasteiger partial charge in [0.25, 0.3) is 5.91 Å². The van der Waals surface area contributed by atoms with Crippen molar-refractivity contribution < 1.29 is 22.4 Å². The Kier molecular flexibility index (Phi) is 3.93. The van der Waals surface area contributed by atoms with Crippen LogP contribution in [0, 0.1) is 5.82 Å². The number of benzene rings is 1. The molecule has 1 aromatic rings. The lowest BCUT2D eigenvalue weighted by Crippen LogP contribution is -2.55. The third-order valence-electron chi connectivity index (χ3n) is 4.10. The number of hydrogen-bond donors (Lipinski definition) is 2. The van der Waals surface area contributed by atoms with E-state index in [1.807, 2.05) is 0 Å². The van der Waals surface area contributed by atoms with Crippen molar-refractivity contribution in [1.82, 2.24) is 14.9 Å². The van der Waals surface area contributed by atoms with Crippen LogP contribution in [-0.4, -0.2) is 43.3 Å². The van der Waals surface area contributed by atoms with Crippen LogP contribution in [0.25, 0.3) is 0 Å². The van der Waals surface area contributed by atoms with E-state index < -0.39 is 33.3 Å². The largest absolute Gasteiger partial charge is 0.323 e. The highest BCUT2D eigenvalue weighted by Crippen LogP contribution is 2.31. The molecule has 0 saturated carbocycles. The standard InChI is InChI=1S/C13H13BrFN3O4S/c14-9-7-8(15)1-2-10(9)23(21,22)18-5-3-13(4-6-18)11(19)16-12(20)17-13/h1-2,7H,3-6H2,(H2,16,17,19,20). The van der Waals surface area contributed by atoms with Gasteiger partial charge in [-0.2, -0.15) is 4.31 Å². The van der Waals surface area contributed by atoms with Gasteiger partial charge in [-0.25, -0.2) is 17.6 Å². The Morgan fingerprint density at radius 1 is 1.22 bits per heavy atom. The Bertz CT molecular complexity index is 790. The van der Waals surface area contributed by atoms with Crippen LogP contribution in [0.2, 0.25) is 0 Å². The maximum atomic E-state index is 13.1. The van der Waals surface area contributed by atoms with Crippen LogP contribution in [-0.2, 0) is 14.8 Å². The van der Waals surface area contributed by atoms with Gasteiger partial charge in [-0.1, -0.05) is 0 Å². The van der Waals surface area contributed by atoms with Gasteiger partial charge < -0.3 is 5.32 Å². The number of hydrogen-bond acceptors (Lipinski definition) is 4. The maximum absolute atomic E-state index is 13.1. The van der Waals surface area contributed by atoms with E-state index in [2.05, 4.69) is 26.6 Å². The number of halogens is 2. The zero-order chi connectivity index (χ0) is 16.8. The third kappa shape index (κ3) is 2.74. The molecule has 0 unspecified atom stereocenters. The Morgan fingerprint density at radius 2 is 1.87 bits per heavy atom. The van der Waals surface area contributed by atoms with E-state index in [0.29, 0.717) is 0 Å². The fourth-order valence-corrected chi connectivity index (χ4v) is 5.26. The summed E-state index contributed by atoms with van der Waals surface area (Å²) in [5, 5.41) is 4.74. The first-order valence-electron chi connectivity index (χ1n) is 6.83. The molecule has 1 aromatic carbocycles. The Balaban J connectivity index is 1.82. The number of carbonyl (C=O) groups is 2. The molecule has 2 heterocycles. The van der Waals surface area contributed by atoms with E-state index >= 15 is 0 Å². The Labute approximate surface area is 140 Å². The highest BCUT2D eigenvalue weighted by atomic mass is 79.9. The fourth-order valence-electron chi connectivity index (χ4n) is 2.81. The average Bonchev–Trinajstić information content (AvgIpc) is 2.73.